The molecule has 0 aliphatic rings. The van der Waals surface area contributed by atoms with E-state index >= 15 is 0 Å². The first-order valence-electron chi connectivity index (χ1n) is 11.3. The number of hydrogen-bond acceptors (Lipinski definition) is 6. The summed E-state index contributed by atoms with van der Waals surface area (Å²) in [5.41, 5.74) is 5.33. The highest BCUT2D eigenvalue weighted by Gasteiger charge is 2.16. The maximum Gasteiger partial charge on any atom is 0.251 e. The van der Waals surface area contributed by atoms with E-state index in [1.165, 1.54) is 5.56 Å². The summed E-state index contributed by atoms with van der Waals surface area (Å²) in [4.78, 5) is 19.7. The minimum atomic E-state index is -0.207. The van der Waals surface area contributed by atoms with E-state index in [0.717, 1.165) is 34.0 Å². The van der Waals surface area contributed by atoms with Gasteiger partial charge in [-0.05, 0) is 65.2 Å². The summed E-state index contributed by atoms with van der Waals surface area (Å²) in [5.74, 6) is 1.42. The zero-order valence-electron chi connectivity index (χ0n) is 20.1. The third kappa shape index (κ3) is 4.96. The number of nitrogens with zero attached hydrogens (tertiary/aromatic N) is 6. The number of rotatable bonds is 7. The lowest BCUT2D eigenvalue weighted by Crippen LogP contribution is -2.27. The molecule has 0 aliphatic carbocycles. The molecule has 0 bridgehead atoms. The van der Waals surface area contributed by atoms with Gasteiger partial charge in [0, 0.05) is 32.3 Å². The fourth-order valence-corrected chi connectivity index (χ4v) is 3.69. The highest BCUT2D eigenvalue weighted by atomic mass is 16.1. The molecule has 1 atom stereocenters. The average molecular weight is 456 g/mol. The van der Waals surface area contributed by atoms with Crippen molar-refractivity contribution >= 4 is 11.7 Å². The molecule has 2 heterocycles. The molecule has 1 amide bonds. The second-order valence-corrected chi connectivity index (χ2v) is 8.53. The Labute approximate surface area is 199 Å². The summed E-state index contributed by atoms with van der Waals surface area (Å²) in [7, 11) is 3.89. The van der Waals surface area contributed by atoms with Crippen molar-refractivity contribution in [2.45, 2.75) is 33.2 Å². The number of amides is 1. The predicted molar refractivity (Wildman–Crippen MR) is 133 cm³/mol. The van der Waals surface area contributed by atoms with Crippen molar-refractivity contribution in [3.63, 3.8) is 0 Å². The van der Waals surface area contributed by atoms with Gasteiger partial charge < -0.3 is 10.2 Å². The van der Waals surface area contributed by atoms with Gasteiger partial charge in [0.25, 0.3) is 5.91 Å². The van der Waals surface area contributed by atoms with Crippen molar-refractivity contribution in [1.82, 2.24) is 30.5 Å². The molecule has 2 aromatic carbocycles. The van der Waals surface area contributed by atoms with E-state index in [4.69, 9.17) is 0 Å². The van der Waals surface area contributed by atoms with E-state index in [-0.39, 0.29) is 11.9 Å². The fraction of sp³-hybridized carbons (Fsp3) is 0.269. The summed E-state index contributed by atoms with van der Waals surface area (Å²) >= 11 is 0. The molecule has 8 heteroatoms. The number of carbonyl (C=O) groups is 1. The number of tetrazole rings is 1. The Hall–Kier alpha value is -4.07. The number of aryl methyl sites for hydroxylation is 2. The summed E-state index contributed by atoms with van der Waals surface area (Å²) < 4.78 is 1.68. The number of anilines is 1. The molecule has 174 valence electrons. The Bertz CT molecular complexity index is 1280. The lowest BCUT2D eigenvalue weighted by molar-refractivity contribution is 0.0940. The lowest BCUT2D eigenvalue weighted by atomic mass is 10.00. The summed E-state index contributed by atoms with van der Waals surface area (Å²) in [6.45, 7) is 6.00. The van der Waals surface area contributed by atoms with Crippen molar-refractivity contribution in [1.29, 1.82) is 0 Å². The van der Waals surface area contributed by atoms with E-state index in [0.29, 0.717) is 12.0 Å². The largest absolute Gasteiger partial charge is 0.363 e. The molecule has 4 rings (SSSR count). The van der Waals surface area contributed by atoms with Crippen LogP contribution in [0.2, 0.25) is 0 Å². The van der Waals surface area contributed by atoms with Crippen LogP contribution >= 0.6 is 0 Å². The Morgan fingerprint density at radius 1 is 1.06 bits per heavy atom. The molecule has 0 radical (unpaired) electrons. The Morgan fingerprint density at radius 2 is 1.82 bits per heavy atom. The van der Waals surface area contributed by atoms with E-state index < -0.39 is 0 Å². The molecule has 2 aromatic heterocycles. The number of pyridine rings is 1. The smallest absolute Gasteiger partial charge is 0.251 e. The van der Waals surface area contributed by atoms with E-state index in [1.54, 1.807) is 10.9 Å². The van der Waals surface area contributed by atoms with Crippen molar-refractivity contribution < 1.29 is 4.79 Å². The topological polar surface area (TPSA) is 88.8 Å². The van der Waals surface area contributed by atoms with Crippen molar-refractivity contribution in [2.75, 3.05) is 19.0 Å². The van der Waals surface area contributed by atoms with Crippen molar-refractivity contribution in [3.05, 3.63) is 83.3 Å². The second kappa shape index (κ2) is 9.82. The molecular weight excluding hydrogens is 426 g/mol. The number of nitrogens with one attached hydrogen (secondary N) is 1. The molecule has 34 heavy (non-hydrogen) atoms. The van der Waals surface area contributed by atoms with Crippen LogP contribution in [0.5, 0.6) is 0 Å². The van der Waals surface area contributed by atoms with E-state index in [9.17, 15) is 4.79 Å². The molecule has 8 nitrogen and oxygen atoms in total. The number of hydrogen-bond donors (Lipinski definition) is 1. The van der Waals surface area contributed by atoms with Crippen molar-refractivity contribution in [2.24, 2.45) is 0 Å². The first kappa shape index (κ1) is 23.1. The van der Waals surface area contributed by atoms with Gasteiger partial charge >= 0.3 is 0 Å². The molecule has 0 saturated carbocycles. The first-order valence-corrected chi connectivity index (χ1v) is 11.3. The molecule has 0 spiro atoms. The maximum atomic E-state index is 13.3. The minimum absolute atomic E-state index is 0.175. The third-order valence-electron chi connectivity index (χ3n) is 5.74. The highest BCUT2D eigenvalue weighted by molar-refractivity contribution is 5.96. The SMILES string of the molecule is CCc1nnnn1-c1cc(C(=O)NC(C)c2ccc(N(C)C)nc2)cc(-c2ccc(C)cc2)c1. The van der Waals surface area contributed by atoms with Crippen LogP contribution in [-0.4, -0.2) is 45.2 Å². The van der Waals surface area contributed by atoms with Gasteiger partial charge in [-0.2, -0.15) is 4.68 Å². The Kier molecular flexibility index (Phi) is 6.67. The van der Waals surface area contributed by atoms with Gasteiger partial charge in [0.1, 0.15) is 5.82 Å². The van der Waals surface area contributed by atoms with Crippen LogP contribution in [0.1, 0.15) is 47.2 Å². The zero-order valence-corrected chi connectivity index (χ0v) is 20.1. The van der Waals surface area contributed by atoms with Crippen LogP contribution in [0.3, 0.4) is 0 Å². The Morgan fingerprint density at radius 3 is 2.47 bits per heavy atom. The monoisotopic (exact) mass is 455 g/mol. The van der Waals surface area contributed by atoms with Gasteiger partial charge in [0.2, 0.25) is 0 Å². The highest BCUT2D eigenvalue weighted by Crippen LogP contribution is 2.26. The molecule has 1 N–H and O–H groups in total. The third-order valence-corrected chi connectivity index (χ3v) is 5.74. The second-order valence-electron chi connectivity index (χ2n) is 8.53. The van der Waals surface area contributed by atoms with Gasteiger partial charge in [-0.25, -0.2) is 4.98 Å². The Balaban J connectivity index is 1.68. The molecule has 0 saturated heterocycles. The molecule has 0 aliphatic heterocycles. The average Bonchev–Trinajstić information content (AvgIpc) is 3.33. The van der Waals surface area contributed by atoms with Crippen LogP contribution in [0.15, 0.2) is 60.8 Å². The van der Waals surface area contributed by atoms with E-state index in [2.05, 4.69) is 57.0 Å². The van der Waals surface area contributed by atoms with Gasteiger partial charge in [0.15, 0.2) is 5.82 Å². The number of benzene rings is 2. The van der Waals surface area contributed by atoms with Gasteiger partial charge in [0.05, 0.1) is 11.7 Å². The maximum absolute atomic E-state index is 13.3. The van der Waals surface area contributed by atoms with Crippen LogP contribution in [-0.2, 0) is 6.42 Å². The van der Waals surface area contributed by atoms with Crippen LogP contribution < -0.4 is 10.2 Å². The predicted octanol–water partition coefficient (Wildman–Crippen LogP) is 4.15. The molecule has 0 fully saturated rings. The fourth-order valence-electron chi connectivity index (χ4n) is 3.69. The molecular formula is C26H29N7O. The summed E-state index contributed by atoms with van der Waals surface area (Å²) in [5, 5.41) is 15.2. The first-order chi connectivity index (χ1) is 16.4. The van der Waals surface area contributed by atoms with Crippen molar-refractivity contribution in [3.8, 4) is 16.8 Å². The minimum Gasteiger partial charge on any atom is -0.363 e. The number of carbonyl (C=O) groups excluding carboxylic acids is 1. The van der Waals surface area contributed by atoms with Gasteiger partial charge in [-0.15, -0.1) is 5.10 Å². The summed E-state index contributed by atoms with van der Waals surface area (Å²) in [6.07, 6.45) is 2.47. The van der Waals surface area contributed by atoms with Gasteiger partial charge in [-0.1, -0.05) is 42.8 Å². The van der Waals surface area contributed by atoms with Crippen LogP contribution in [0, 0.1) is 6.92 Å². The molecule has 4 aromatic rings. The standard InChI is InChI=1S/C26H29N7O/c1-6-24-29-30-31-33(24)23-14-21(19-9-7-17(2)8-10-19)13-22(15-23)26(34)28-18(3)20-11-12-25(27-16-20)32(4)5/h7-16,18H,6H2,1-5H3,(H,28,34). The van der Waals surface area contributed by atoms with Gasteiger partial charge in [-0.3, -0.25) is 4.79 Å². The van der Waals surface area contributed by atoms with Crippen LogP contribution in [0.25, 0.3) is 16.8 Å². The zero-order chi connectivity index (χ0) is 24.2. The summed E-state index contributed by atoms with van der Waals surface area (Å²) in [6, 6.07) is 17.7. The normalized spacial score (nSPS) is 11.8. The quantitative estimate of drug-likeness (QED) is 0.450. The lowest BCUT2D eigenvalue weighted by Gasteiger charge is -2.17. The van der Waals surface area contributed by atoms with Crippen LogP contribution in [0.4, 0.5) is 5.82 Å². The molecule has 1 unspecified atom stereocenters. The van der Waals surface area contributed by atoms with E-state index in [1.807, 2.05) is 63.2 Å². The number of aromatic nitrogens is 5.